The smallest absolute Gasteiger partial charge is 0.263 e. The first kappa shape index (κ1) is 14.2. The zero-order valence-electron chi connectivity index (χ0n) is 11.8. The molecule has 3 N–H and O–H groups in total. The van der Waals surface area contributed by atoms with Gasteiger partial charge in [0.15, 0.2) is 0 Å². The molecule has 2 aromatic rings. The number of nitrogens with two attached hydrogens (primary N) is 1. The molecular weight excluding hydrogens is 288 g/mol. The fourth-order valence-corrected chi connectivity index (χ4v) is 3.54. The molecule has 1 atom stereocenters. The van der Waals surface area contributed by atoms with E-state index in [4.69, 9.17) is 10.5 Å². The van der Waals surface area contributed by atoms with Gasteiger partial charge in [0.2, 0.25) is 0 Å². The molecule has 1 aliphatic rings. The lowest BCUT2D eigenvalue weighted by Crippen LogP contribution is -2.40. The van der Waals surface area contributed by atoms with Gasteiger partial charge in [0.25, 0.3) is 5.91 Å². The summed E-state index contributed by atoms with van der Waals surface area (Å²) in [6.45, 7) is 3.57. The van der Waals surface area contributed by atoms with E-state index in [2.05, 4.69) is 15.3 Å². The van der Waals surface area contributed by atoms with Gasteiger partial charge in [0.1, 0.15) is 15.2 Å². The number of nitrogens with zero attached hydrogens (tertiary/aromatic N) is 2. The largest absolute Gasteiger partial charge is 0.396 e. The Morgan fingerprint density at radius 3 is 2.86 bits per heavy atom. The number of hydrogen-bond donors (Lipinski definition) is 2. The van der Waals surface area contributed by atoms with Gasteiger partial charge in [-0.05, 0) is 25.7 Å². The summed E-state index contributed by atoms with van der Waals surface area (Å²) in [6.07, 6.45) is 5.14. The van der Waals surface area contributed by atoms with Gasteiger partial charge in [-0.3, -0.25) is 4.79 Å². The Labute approximate surface area is 126 Å². The Bertz CT molecular complexity index is 651. The maximum absolute atomic E-state index is 12.4. The van der Waals surface area contributed by atoms with Crippen molar-refractivity contribution in [1.29, 1.82) is 0 Å². The number of carbonyl (C=O) groups excluding carboxylic acids is 1. The monoisotopic (exact) mass is 306 g/mol. The molecule has 0 bridgehead atoms. The van der Waals surface area contributed by atoms with Crippen molar-refractivity contribution in [3.05, 3.63) is 17.3 Å². The quantitative estimate of drug-likeness (QED) is 0.902. The highest BCUT2D eigenvalue weighted by Crippen LogP contribution is 2.30. The van der Waals surface area contributed by atoms with Gasteiger partial charge in [-0.15, -0.1) is 11.3 Å². The second kappa shape index (κ2) is 5.95. The average molecular weight is 306 g/mol. The highest BCUT2D eigenvalue weighted by Gasteiger charge is 2.24. The van der Waals surface area contributed by atoms with Crippen molar-refractivity contribution in [2.45, 2.75) is 25.8 Å². The Balaban J connectivity index is 1.75. The Kier molecular flexibility index (Phi) is 4.03. The molecular formula is C14H18N4O2S. The van der Waals surface area contributed by atoms with Crippen LogP contribution >= 0.6 is 11.3 Å². The molecule has 7 heteroatoms. The Hall–Kier alpha value is -1.73. The van der Waals surface area contributed by atoms with Crippen LogP contribution in [0.2, 0.25) is 0 Å². The molecule has 1 unspecified atom stereocenters. The van der Waals surface area contributed by atoms with Gasteiger partial charge < -0.3 is 15.8 Å². The maximum Gasteiger partial charge on any atom is 0.263 e. The summed E-state index contributed by atoms with van der Waals surface area (Å²) in [5.74, 6) is 0.311. The van der Waals surface area contributed by atoms with Gasteiger partial charge in [0, 0.05) is 31.6 Å². The number of fused-ring (bicyclic) bond motifs is 1. The fourth-order valence-electron chi connectivity index (χ4n) is 2.62. The van der Waals surface area contributed by atoms with E-state index < -0.39 is 0 Å². The molecule has 6 nitrogen and oxygen atoms in total. The molecule has 1 aliphatic heterocycles. The van der Waals surface area contributed by atoms with Crippen LogP contribution in [0.3, 0.4) is 0 Å². The third-order valence-electron chi connectivity index (χ3n) is 3.90. The normalized spacial score (nSPS) is 17.8. The molecule has 0 spiro atoms. The molecule has 0 saturated carbocycles. The van der Waals surface area contributed by atoms with Gasteiger partial charge in [-0.2, -0.15) is 0 Å². The molecule has 0 aromatic carbocycles. The summed E-state index contributed by atoms with van der Waals surface area (Å²) >= 11 is 1.29. The van der Waals surface area contributed by atoms with Crippen LogP contribution in [0.5, 0.6) is 0 Å². The molecule has 3 rings (SSSR count). The number of carbonyl (C=O) groups is 1. The van der Waals surface area contributed by atoms with Crippen molar-refractivity contribution >= 4 is 33.3 Å². The Morgan fingerprint density at radius 2 is 2.14 bits per heavy atom. The number of ether oxygens (including phenoxy) is 1. The van der Waals surface area contributed by atoms with Crippen LogP contribution in [-0.4, -0.2) is 35.1 Å². The number of rotatable bonds is 3. The number of thiophene rings is 1. The Morgan fingerprint density at radius 1 is 1.43 bits per heavy atom. The van der Waals surface area contributed by atoms with Crippen LogP contribution in [0, 0.1) is 5.92 Å². The zero-order chi connectivity index (χ0) is 14.8. The van der Waals surface area contributed by atoms with Crippen LogP contribution in [-0.2, 0) is 4.74 Å². The second-order valence-corrected chi connectivity index (χ2v) is 6.27. The van der Waals surface area contributed by atoms with E-state index >= 15 is 0 Å². The highest BCUT2D eigenvalue weighted by molar-refractivity contribution is 7.21. The van der Waals surface area contributed by atoms with Crippen molar-refractivity contribution < 1.29 is 9.53 Å². The summed E-state index contributed by atoms with van der Waals surface area (Å²) in [5.41, 5.74) is 7.04. The molecule has 1 amide bonds. The fraction of sp³-hybridized carbons (Fsp3) is 0.500. The topological polar surface area (TPSA) is 90.1 Å². The lowest BCUT2D eigenvalue weighted by atomic mass is 9.93. The zero-order valence-corrected chi connectivity index (χ0v) is 12.7. The first-order valence-corrected chi connectivity index (χ1v) is 7.86. The SMILES string of the molecule is CC(NC(=O)c1sc2nccnc2c1N)C1CCOCC1. The van der Waals surface area contributed by atoms with Gasteiger partial charge in [-0.25, -0.2) is 9.97 Å². The average Bonchev–Trinajstić information content (AvgIpc) is 2.86. The maximum atomic E-state index is 12.4. The molecule has 1 saturated heterocycles. The third kappa shape index (κ3) is 2.84. The molecule has 3 heterocycles. The van der Waals surface area contributed by atoms with Crippen LogP contribution in [0.4, 0.5) is 5.69 Å². The molecule has 0 aliphatic carbocycles. The van der Waals surface area contributed by atoms with E-state index in [-0.39, 0.29) is 11.9 Å². The molecule has 21 heavy (non-hydrogen) atoms. The predicted octanol–water partition coefficient (Wildman–Crippen LogP) is 1.82. The summed E-state index contributed by atoms with van der Waals surface area (Å²) in [5, 5.41) is 3.05. The van der Waals surface area contributed by atoms with Crippen molar-refractivity contribution in [2.75, 3.05) is 18.9 Å². The van der Waals surface area contributed by atoms with Crippen LogP contribution < -0.4 is 11.1 Å². The first-order valence-electron chi connectivity index (χ1n) is 7.04. The summed E-state index contributed by atoms with van der Waals surface area (Å²) in [7, 11) is 0. The van der Waals surface area contributed by atoms with E-state index in [0.717, 1.165) is 26.1 Å². The van der Waals surface area contributed by atoms with E-state index in [1.54, 1.807) is 12.4 Å². The minimum atomic E-state index is -0.142. The summed E-state index contributed by atoms with van der Waals surface area (Å²) < 4.78 is 5.35. The van der Waals surface area contributed by atoms with Crippen molar-refractivity contribution in [1.82, 2.24) is 15.3 Å². The molecule has 2 aromatic heterocycles. The lowest BCUT2D eigenvalue weighted by Gasteiger charge is -2.28. The number of nitrogen functional groups attached to an aromatic ring is 1. The molecule has 0 radical (unpaired) electrons. The lowest BCUT2D eigenvalue weighted by molar-refractivity contribution is 0.0539. The van der Waals surface area contributed by atoms with Crippen molar-refractivity contribution in [3.63, 3.8) is 0 Å². The van der Waals surface area contributed by atoms with E-state index in [1.165, 1.54) is 11.3 Å². The van der Waals surface area contributed by atoms with Gasteiger partial charge in [0.05, 0.1) is 5.69 Å². The minimum Gasteiger partial charge on any atom is -0.396 e. The second-order valence-electron chi connectivity index (χ2n) is 5.27. The van der Waals surface area contributed by atoms with Gasteiger partial charge >= 0.3 is 0 Å². The van der Waals surface area contributed by atoms with Gasteiger partial charge in [-0.1, -0.05) is 0 Å². The minimum absolute atomic E-state index is 0.104. The standard InChI is InChI=1S/C14H18N4O2S/c1-8(9-2-6-20-7-3-9)18-13(19)12-10(15)11-14(21-12)17-5-4-16-11/h4-5,8-9H,2-3,6-7,15H2,1H3,(H,18,19). The van der Waals surface area contributed by atoms with Crippen molar-refractivity contribution in [3.8, 4) is 0 Å². The van der Waals surface area contributed by atoms with Crippen LogP contribution in [0.25, 0.3) is 10.3 Å². The predicted molar refractivity (Wildman–Crippen MR) is 82.3 cm³/mol. The number of anilines is 1. The van der Waals surface area contributed by atoms with E-state index in [0.29, 0.717) is 26.8 Å². The van der Waals surface area contributed by atoms with E-state index in [1.807, 2.05) is 6.92 Å². The summed E-state index contributed by atoms with van der Waals surface area (Å²) in [4.78, 5) is 22.0. The number of aromatic nitrogens is 2. The van der Waals surface area contributed by atoms with Crippen LogP contribution in [0.1, 0.15) is 29.4 Å². The number of nitrogens with one attached hydrogen (secondary N) is 1. The molecule has 112 valence electrons. The number of hydrogen-bond acceptors (Lipinski definition) is 6. The van der Waals surface area contributed by atoms with Crippen LogP contribution in [0.15, 0.2) is 12.4 Å². The summed E-state index contributed by atoms with van der Waals surface area (Å²) in [6, 6.07) is 0.104. The number of amides is 1. The van der Waals surface area contributed by atoms with Crippen molar-refractivity contribution in [2.24, 2.45) is 5.92 Å². The molecule has 1 fully saturated rings. The third-order valence-corrected chi connectivity index (χ3v) is 5.00. The highest BCUT2D eigenvalue weighted by atomic mass is 32.1. The first-order chi connectivity index (χ1) is 10.2. The van der Waals surface area contributed by atoms with E-state index in [9.17, 15) is 4.79 Å².